The number of fused-ring (bicyclic) bond motifs is 1. The quantitative estimate of drug-likeness (QED) is 0.290. The SMILES string of the molecule is CC1C=CC(F)=C(S(=O)(=O)Nc2ccc(-c3cnc4c(NC(=O)Nc5cccnc5)n[nH]c4n3)cc2)C1. The maximum atomic E-state index is 14.1. The summed E-state index contributed by atoms with van der Waals surface area (Å²) < 4.78 is 41.9. The number of aromatic nitrogens is 5. The number of allylic oxidation sites excluding steroid dienone is 4. The zero-order valence-corrected chi connectivity index (χ0v) is 20.3. The van der Waals surface area contributed by atoms with Gasteiger partial charge in [-0.3, -0.25) is 20.1 Å². The predicted octanol–water partition coefficient (Wildman–Crippen LogP) is 4.58. The van der Waals surface area contributed by atoms with Crippen molar-refractivity contribution in [1.29, 1.82) is 0 Å². The van der Waals surface area contributed by atoms with Gasteiger partial charge in [0.05, 0.1) is 23.8 Å². The number of benzene rings is 1. The maximum Gasteiger partial charge on any atom is 0.325 e. The van der Waals surface area contributed by atoms with Crippen LogP contribution in [-0.4, -0.2) is 39.6 Å². The van der Waals surface area contributed by atoms with Crippen LogP contribution in [0, 0.1) is 5.92 Å². The second-order valence-corrected chi connectivity index (χ2v) is 10.0. The van der Waals surface area contributed by atoms with Gasteiger partial charge in [0.15, 0.2) is 17.0 Å². The Morgan fingerprint density at radius 2 is 1.92 bits per heavy atom. The van der Waals surface area contributed by atoms with Crippen LogP contribution in [0.2, 0.25) is 0 Å². The molecule has 0 saturated heterocycles. The minimum absolute atomic E-state index is 0.0734. The van der Waals surface area contributed by atoms with Gasteiger partial charge in [0.1, 0.15) is 10.7 Å². The minimum atomic E-state index is -4.03. The van der Waals surface area contributed by atoms with Crippen molar-refractivity contribution in [3.8, 4) is 11.3 Å². The zero-order chi connectivity index (χ0) is 26.0. The fourth-order valence-corrected chi connectivity index (χ4v) is 5.08. The highest BCUT2D eigenvalue weighted by Crippen LogP contribution is 2.30. The van der Waals surface area contributed by atoms with Gasteiger partial charge in [0.25, 0.3) is 10.0 Å². The van der Waals surface area contributed by atoms with Crippen LogP contribution in [-0.2, 0) is 10.0 Å². The molecule has 188 valence electrons. The van der Waals surface area contributed by atoms with Crippen molar-refractivity contribution in [2.75, 3.05) is 15.4 Å². The van der Waals surface area contributed by atoms with Gasteiger partial charge in [-0.25, -0.2) is 27.6 Å². The second kappa shape index (κ2) is 9.78. The standard InChI is InChI=1S/C24H21FN8O3S/c1-14-4-9-18(25)20(11-14)37(35,36)33-16-7-5-15(6-8-16)19-13-27-21-22(29-19)31-32-23(21)30-24(34)28-17-3-2-10-26-12-17/h2-10,12-14,33H,11H2,1H3,(H3,28,29,30,31,32,34). The van der Waals surface area contributed by atoms with Gasteiger partial charge in [-0.1, -0.05) is 25.1 Å². The lowest BCUT2D eigenvalue weighted by Crippen LogP contribution is -2.19. The number of carbonyl (C=O) groups is 1. The van der Waals surface area contributed by atoms with Crippen LogP contribution in [0.15, 0.2) is 77.9 Å². The molecular weight excluding hydrogens is 499 g/mol. The van der Waals surface area contributed by atoms with Crippen LogP contribution in [0.5, 0.6) is 0 Å². The summed E-state index contributed by atoms with van der Waals surface area (Å²) in [4.78, 5) is 24.8. The van der Waals surface area contributed by atoms with Gasteiger partial charge < -0.3 is 5.32 Å². The summed E-state index contributed by atoms with van der Waals surface area (Å²) in [6.07, 6.45) is 7.53. The molecule has 0 bridgehead atoms. The van der Waals surface area contributed by atoms with E-state index in [9.17, 15) is 17.6 Å². The molecule has 0 aliphatic heterocycles. The highest BCUT2D eigenvalue weighted by atomic mass is 32.2. The predicted molar refractivity (Wildman–Crippen MR) is 138 cm³/mol. The number of aromatic amines is 1. The summed E-state index contributed by atoms with van der Waals surface area (Å²) in [5, 5.41) is 12.1. The number of sulfonamides is 1. The topological polar surface area (TPSA) is 155 Å². The van der Waals surface area contributed by atoms with E-state index in [1.807, 2.05) is 6.92 Å². The van der Waals surface area contributed by atoms with Gasteiger partial charge in [0.2, 0.25) is 0 Å². The molecule has 1 atom stereocenters. The van der Waals surface area contributed by atoms with Crippen LogP contribution in [0.1, 0.15) is 13.3 Å². The van der Waals surface area contributed by atoms with Crippen molar-refractivity contribution < 1.29 is 17.6 Å². The number of urea groups is 1. The third-order valence-corrected chi connectivity index (χ3v) is 7.04. The Hall–Kier alpha value is -4.65. The Kier molecular flexibility index (Phi) is 6.36. The van der Waals surface area contributed by atoms with Crippen LogP contribution in [0.25, 0.3) is 22.4 Å². The Bertz CT molecular complexity index is 1630. The molecule has 1 aromatic carbocycles. The van der Waals surface area contributed by atoms with Gasteiger partial charge in [0, 0.05) is 17.4 Å². The first-order valence-corrected chi connectivity index (χ1v) is 12.7. The fourth-order valence-electron chi connectivity index (χ4n) is 3.70. The Morgan fingerprint density at radius 3 is 2.68 bits per heavy atom. The molecule has 0 spiro atoms. The van der Waals surface area contributed by atoms with Crippen LogP contribution < -0.4 is 15.4 Å². The normalized spacial score (nSPS) is 15.6. The summed E-state index contributed by atoms with van der Waals surface area (Å²) in [6, 6.07) is 9.32. The van der Waals surface area contributed by atoms with E-state index in [0.717, 1.165) is 0 Å². The number of rotatable bonds is 6. The number of halogens is 1. The maximum absolute atomic E-state index is 14.1. The van der Waals surface area contributed by atoms with E-state index in [-0.39, 0.29) is 28.7 Å². The summed E-state index contributed by atoms with van der Waals surface area (Å²) in [5.41, 5.74) is 2.67. The van der Waals surface area contributed by atoms with Gasteiger partial charge >= 0.3 is 6.03 Å². The molecule has 13 heteroatoms. The second-order valence-electron chi connectivity index (χ2n) is 8.34. The number of anilines is 3. The summed E-state index contributed by atoms with van der Waals surface area (Å²) in [7, 11) is -4.03. The monoisotopic (exact) mass is 520 g/mol. The summed E-state index contributed by atoms with van der Waals surface area (Å²) >= 11 is 0. The third-order valence-electron chi connectivity index (χ3n) is 5.52. The number of hydrogen-bond acceptors (Lipinski definition) is 7. The van der Waals surface area contributed by atoms with Gasteiger partial charge in [-0.05, 0) is 42.7 Å². The molecule has 11 nitrogen and oxygen atoms in total. The highest BCUT2D eigenvalue weighted by molar-refractivity contribution is 7.96. The molecular formula is C24H21FN8O3S. The summed E-state index contributed by atoms with van der Waals surface area (Å²) in [5.74, 6) is -0.627. The van der Waals surface area contributed by atoms with Crippen molar-refractivity contribution in [2.24, 2.45) is 5.92 Å². The van der Waals surface area contributed by atoms with Gasteiger partial charge in [-0.2, -0.15) is 5.10 Å². The Labute approximate surface area is 211 Å². The van der Waals surface area contributed by atoms with Gasteiger partial charge in [-0.15, -0.1) is 0 Å². The smallest absolute Gasteiger partial charge is 0.306 e. The van der Waals surface area contributed by atoms with E-state index in [2.05, 4.69) is 40.5 Å². The van der Waals surface area contributed by atoms with E-state index in [1.165, 1.54) is 18.5 Å². The highest BCUT2D eigenvalue weighted by Gasteiger charge is 2.26. The molecule has 3 heterocycles. The molecule has 1 aliphatic rings. The number of nitrogens with one attached hydrogen (secondary N) is 4. The third kappa shape index (κ3) is 5.30. The number of H-pyrrole nitrogens is 1. The molecule has 5 rings (SSSR count). The summed E-state index contributed by atoms with van der Waals surface area (Å²) in [6.45, 7) is 1.82. The Balaban J connectivity index is 1.30. The molecule has 1 unspecified atom stereocenters. The van der Waals surface area contributed by atoms with E-state index in [1.54, 1.807) is 48.7 Å². The largest absolute Gasteiger partial charge is 0.325 e. The number of nitrogens with zero attached hydrogens (tertiary/aromatic N) is 4. The van der Waals surface area contributed by atoms with E-state index < -0.39 is 21.9 Å². The number of pyridine rings is 1. The molecule has 0 radical (unpaired) electrons. The van der Waals surface area contributed by atoms with Crippen molar-refractivity contribution in [2.45, 2.75) is 13.3 Å². The first kappa shape index (κ1) is 24.1. The molecule has 2 amide bonds. The average molecular weight is 521 g/mol. The lowest BCUT2D eigenvalue weighted by atomic mass is 10.0. The number of amides is 2. The molecule has 37 heavy (non-hydrogen) atoms. The lowest BCUT2D eigenvalue weighted by Gasteiger charge is -2.17. The molecule has 1 aliphatic carbocycles. The van der Waals surface area contributed by atoms with Crippen LogP contribution in [0.3, 0.4) is 0 Å². The number of hydrogen-bond donors (Lipinski definition) is 4. The van der Waals surface area contributed by atoms with Crippen molar-refractivity contribution >= 4 is 44.4 Å². The van der Waals surface area contributed by atoms with E-state index in [0.29, 0.717) is 28.1 Å². The Morgan fingerprint density at radius 1 is 1.11 bits per heavy atom. The molecule has 4 N–H and O–H groups in total. The van der Waals surface area contributed by atoms with E-state index >= 15 is 0 Å². The van der Waals surface area contributed by atoms with Crippen molar-refractivity contribution in [3.05, 3.63) is 77.9 Å². The fraction of sp³-hybridized carbons (Fsp3) is 0.125. The first-order valence-electron chi connectivity index (χ1n) is 11.2. The van der Waals surface area contributed by atoms with Crippen molar-refractivity contribution in [3.63, 3.8) is 0 Å². The zero-order valence-electron chi connectivity index (χ0n) is 19.4. The molecule has 0 saturated carbocycles. The average Bonchev–Trinajstić information content (AvgIpc) is 3.28. The minimum Gasteiger partial charge on any atom is -0.306 e. The van der Waals surface area contributed by atoms with Crippen molar-refractivity contribution in [1.82, 2.24) is 25.1 Å². The van der Waals surface area contributed by atoms with Crippen LogP contribution in [0.4, 0.5) is 26.4 Å². The molecule has 0 fully saturated rings. The first-order chi connectivity index (χ1) is 17.8. The number of carbonyl (C=O) groups excluding carboxylic acids is 1. The molecule has 3 aromatic heterocycles. The van der Waals surface area contributed by atoms with Crippen LogP contribution >= 0.6 is 0 Å². The molecule has 4 aromatic rings. The van der Waals surface area contributed by atoms with E-state index in [4.69, 9.17) is 0 Å². The lowest BCUT2D eigenvalue weighted by molar-refractivity contribution is 0.262.